The van der Waals surface area contributed by atoms with E-state index in [0.29, 0.717) is 24.3 Å². The number of fused-ring (bicyclic) bond motifs is 1. The van der Waals surface area contributed by atoms with Crippen molar-refractivity contribution in [2.24, 2.45) is 21.5 Å². The summed E-state index contributed by atoms with van der Waals surface area (Å²) in [5.41, 5.74) is 11.9. The second-order valence-corrected chi connectivity index (χ2v) is 10.2. The summed E-state index contributed by atoms with van der Waals surface area (Å²) in [6.07, 6.45) is 2.30. The Morgan fingerprint density at radius 1 is 1.32 bits per heavy atom. The number of guanidine groups is 2. The van der Waals surface area contributed by atoms with Gasteiger partial charge in [-0.3, -0.25) is 4.79 Å². The lowest BCUT2D eigenvalue weighted by Crippen LogP contribution is -2.77. The molecule has 5 rings (SSSR count). The lowest BCUT2D eigenvalue weighted by atomic mass is 9.79. The van der Waals surface area contributed by atoms with Crippen molar-refractivity contribution in [1.29, 1.82) is 0 Å². The first-order valence-electron chi connectivity index (χ1n) is 11.8. The molecule has 184 valence electrons. The number of rotatable bonds is 4. The fourth-order valence-corrected chi connectivity index (χ4v) is 5.80. The molecule has 4 atom stereocenters. The monoisotopic (exact) mass is 471 g/mol. The van der Waals surface area contributed by atoms with Gasteiger partial charge in [-0.2, -0.15) is 0 Å². The van der Waals surface area contributed by atoms with E-state index in [1.807, 2.05) is 19.1 Å². The van der Waals surface area contributed by atoms with Crippen molar-refractivity contribution < 1.29 is 19.7 Å². The van der Waals surface area contributed by atoms with Gasteiger partial charge in [-0.1, -0.05) is 39.3 Å². The molecule has 0 aromatic heterocycles. The van der Waals surface area contributed by atoms with Gasteiger partial charge in [-0.05, 0) is 24.3 Å². The minimum Gasteiger partial charge on any atom is -0.492 e. The van der Waals surface area contributed by atoms with E-state index < -0.39 is 29.4 Å². The Labute approximate surface area is 198 Å². The Morgan fingerprint density at radius 2 is 2.09 bits per heavy atom. The van der Waals surface area contributed by atoms with E-state index in [0.717, 1.165) is 18.4 Å². The first-order chi connectivity index (χ1) is 16.0. The van der Waals surface area contributed by atoms with E-state index in [9.17, 15) is 15.0 Å². The Balaban J connectivity index is 1.48. The Hall–Kier alpha value is -3.05. The van der Waals surface area contributed by atoms with Crippen LogP contribution in [0.1, 0.15) is 56.0 Å². The van der Waals surface area contributed by atoms with Gasteiger partial charge in [0.05, 0.1) is 18.2 Å². The highest BCUT2D eigenvalue weighted by molar-refractivity contribution is 5.98. The third kappa shape index (κ3) is 2.99. The molecule has 1 amide bonds. The van der Waals surface area contributed by atoms with Crippen LogP contribution in [0.5, 0.6) is 5.75 Å². The zero-order valence-electron chi connectivity index (χ0n) is 19.7. The number of benzene rings is 1. The Kier molecular flexibility index (Phi) is 5.00. The lowest BCUT2D eigenvalue weighted by molar-refractivity contribution is -0.230. The normalized spacial score (nSPS) is 32.4. The van der Waals surface area contributed by atoms with Crippen molar-refractivity contribution in [3.63, 3.8) is 0 Å². The number of nitrogens with one attached hydrogen (secondary N) is 2. The third-order valence-corrected chi connectivity index (χ3v) is 7.65. The molecule has 1 saturated heterocycles. The third-order valence-electron chi connectivity index (χ3n) is 7.65. The van der Waals surface area contributed by atoms with Gasteiger partial charge in [0.15, 0.2) is 17.6 Å². The van der Waals surface area contributed by atoms with E-state index in [2.05, 4.69) is 34.5 Å². The molecule has 1 aromatic rings. The molecule has 1 unspecified atom stereocenters. The summed E-state index contributed by atoms with van der Waals surface area (Å²) in [4.78, 5) is 24.0. The van der Waals surface area contributed by atoms with Crippen LogP contribution in [-0.4, -0.2) is 75.7 Å². The van der Waals surface area contributed by atoms with E-state index in [-0.39, 0.29) is 29.9 Å². The van der Waals surface area contributed by atoms with Gasteiger partial charge in [-0.25, -0.2) is 9.98 Å². The highest BCUT2D eigenvalue weighted by Gasteiger charge is 2.73. The molecule has 8 N–H and O–H groups in total. The number of amides is 1. The smallest absolute Gasteiger partial charge is 0.255 e. The molecule has 4 aliphatic rings. The van der Waals surface area contributed by atoms with Crippen LogP contribution in [-0.2, 0) is 5.41 Å². The number of aliphatic imine (C=N–C) groups is 2. The molecule has 0 radical (unpaired) electrons. The average molecular weight is 472 g/mol. The summed E-state index contributed by atoms with van der Waals surface area (Å²) >= 11 is 0. The molecule has 0 bridgehead atoms. The lowest BCUT2D eigenvalue weighted by Gasteiger charge is -2.49. The predicted molar refractivity (Wildman–Crippen MR) is 126 cm³/mol. The second kappa shape index (κ2) is 7.47. The van der Waals surface area contributed by atoms with Gasteiger partial charge < -0.3 is 42.0 Å². The van der Waals surface area contributed by atoms with E-state index >= 15 is 0 Å². The SMILES string of the molecule is CCC[C@@H]1N=C(N)N2CC(NC(=O)c3cccc4c3OCCC4(C)C)C(O)(O)[C@@]23NC(N)=N[C@@H]13. The second-order valence-electron chi connectivity index (χ2n) is 10.2. The molecule has 11 nitrogen and oxygen atoms in total. The van der Waals surface area contributed by atoms with Gasteiger partial charge in [0.1, 0.15) is 17.8 Å². The fraction of sp³-hybridized carbons (Fsp3) is 0.609. The number of nitrogens with zero attached hydrogens (tertiary/aromatic N) is 3. The van der Waals surface area contributed by atoms with Crippen LogP contribution in [0.25, 0.3) is 0 Å². The quantitative estimate of drug-likeness (QED) is 0.314. The molecule has 4 aliphatic heterocycles. The van der Waals surface area contributed by atoms with E-state index in [1.54, 1.807) is 11.0 Å². The van der Waals surface area contributed by atoms with Crippen LogP contribution < -0.4 is 26.8 Å². The van der Waals surface area contributed by atoms with Crippen molar-refractivity contribution in [2.45, 2.75) is 75.0 Å². The topological polar surface area (TPSA) is 171 Å². The first-order valence-corrected chi connectivity index (χ1v) is 11.8. The van der Waals surface area contributed by atoms with Crippen LogP contribution in [0, 0.1) is 0 Å². The molecule has 11 heteroatoms. The minimum absolute atomic E-state index is 0.0145. The zero-order valence-corrected chi connectivity index (χ0v) is 19.7. The Morgan fingerprint density at radius 3 is 2.82 bits per heavy atom. The van der Waals surface area contributed by atoms with Crippen molar-refractivity contribution in [2.75, 3.05) is 13.2 Å². The number of carbonyl (C=O) groups is 1. The van der Waals surface area contributed by atoms with Crippen LogP contribution >= 0.6 is 0 Å². The van der Waals surface area contributed by atoms with Gasteiger partial charge in [-0.15, -0.1) is 0 Å². The maximum atomic E-state index is 13.4. The van der Waals surface area contributed by atoms with Gasteiger partial charge >= 0.3 is 0 Å². The van der Waals surface area contributed by atoms with E-state index in [4.69, 9.17) is 16.2 Å². The molecule has 0 aliphatic carbocycles. The number of para-hydroxylation sites is 1. The van der Waals surface area contributed by atoms with Gasteiger partial charge in [0.25, 0.3) is 5.91 Å². The minimum atomic E-state index is -2.44. The van der Waals surface area contributed by atoms with Crippen molar-refractivity contribution in [1.82, 2.24) is 15.5 Å². The molecular weight excluding hydrogens is 438 g/mol. The molecule has 4 heterocycles. The van der Waals surface area contributed by atoms with Gasteiger partial charge in [0.2, 0.25) is 5.79 Å². The highest BCUT2D eigenvalue weighted by Crippen LogP contribution is 2.46. The first kappa shape index (κ1) is 22.7. The predicted octanol–water partition coefficient (Wildman–Crippen LogP) is -0.679. The summed E-state index contributed by atoms with van der Waals surface area (Å²) in [6.45, 7) is 6.75. The molecule has 1 spiro atoms. The van der Waals surface area contributed by atoms with Gasteiger partial charge in [0, 0.05) is 12.1 Å². The van der Waals surface area contributed by atoms with Crippen molar-refractivity contribution in [3.8, 4) is 5.75 Å². The molecule has 34 heavy (non-hydrogen) atoms. The largest absolute Gasteiger partial charge is 0.492 e. The van der Waals surface area contributed by atoms with Crippen LogP contribution in [0.4, 0.5) is 0 Å². The maximum absolute atomic E-state index is 13.4. The number of nitrogens with two attached hydrogens (primary N) is 2. The van der Waals surface area contributed by atoms with Crippen LogP contribution in [0.15, 0.2) is 28.2 Å². The Bertz CT molecular complexity index is 1090. The van der Waals surface area contributed by atoms with Crippen LogP contribution in [0.3, 0.4) is 0 Å². The summed E-state index contributed by atoms with van der Waals surface area (Å²) in [5, 5.41) is 28.8. The van der Waals surface area contributed by atoms with Crippen molar-refractivity contribution in [3.05, 3.63) is 29.3 Å². The highest BCUT2D eigenvalue weighted by atomic mass is 16.5. The average Bonchev–Trinajstić information content (AvgIpc) is 3.23. The fourth-order valence-electron chi connectivity index (χ4n) is 5.80. The van der Waals surface area contributed by atoms with Crippen LogP contribution in [0.2, 0.25) is 0 Å². The standard InChI is InChI=1S/C23H33N7O4/c1-4-6-14-17-22(29-19(24)28-17)23(32,33)15(11-30(22)20(25)26-14)27-18(31)12-7-5-8-13-16(12)34-10-9-21(13,2)3/h5,7-8,14-15,17,32-33H,4,6,9-11H2,1-3H3,(H2,25,26)(H,27,31)(H3,24,28,29)/t14-,15?,17-,22-/m0/s1. The molecule has 1 aromatic carbocycles. The summed E-state index contributed by atoms with van der Waals surface area (Å²) in [6, 6.07) is 3.30. The zero-order chi connectivity index (χ0) is 24.5. The number of hydrogen-bond donors (Lipinski definition) is 6. The number of aliphatic hydroxyl groups is 2. The molecule has 0 saturated carbocycles. The maximum Gasteiger partial charge on any atom is 0.255 e. The molecular formula is C23H33N7O4. The number of ether oxygens (including phenoxy) is 1. The summed E-state index contributed by atoms with van der Waals surface area (Å²) < 4.78 is 5.88. The number of carbonyl (C=O) groups excluding carboxylic acids is 1. The summed E-state index contributed by atoms with van der Waals surface area (Å²) in [7, 11) is 0. The van der Waals surface area contributed by atoms with E-state index in [1.165, 1.54) is 0 Å². The van der Waals surface area contributed by atoms with Crippen molar-refractivity contribution >= 4 is 17.8 Å². The molecule has 1 fully saturated rings. The number of hydrogen-bond acceptors (Lipinski definition) is 10. The summed E-state index contributed by atoms with van der Waals surface area (Å²) in [5.74, 6) is -2.15.